The van der Waals surface area contributed by atoms with Crippen LogP contribution in [0, 0.1) is 5.92 Å². The summed E-state index contributed by atoms with van der Waals surface area (Å²) >= 11 is 0. The monoisotopic (exact) mass is 299 g/mol. The fourth-order valence-electron chi connectivity index (χ4n) is 2.24. The topological polar surface area (TPSA) is 73.4 Å². The normalized spacial score (nSPS) is 21.3. The number of anilines is 1. The third-order valence-electron chi connectivity index (χ3n) is 3.31. The molecule has 1 aromatic carbocycles. The molecule has 2 rings (SSSR count). The summed E-state index contributed by atoms with van der Waals surface area (Å²) in [6, 6.07) is 7.76. The van der Waals surface area contributed by atoms with Crippen molar-refractivity contribution in [3.63, 3.8) is 0 Å². The van der Waals surface area contributed by atoms with Crippen molar-refractivity contribution < 1.29 is 9.90 Å². The maximum Gasteiger partial charge on any atom is 0.221 e. The van der Waals surface area contributed by atoms with Gasteiger partial charge in [0, 0.05) is 44.7 Å². The lowest BCUT2D eigenvalue weighted by Gasteiger charge is -2.14. The highest BCUT2D eigenvalue weighted by Crippen LogP contribution is 2.10. The van der Waals surface area contributed by atoms with Crippen LogP contribution < -0.4 is 16.0 Å². The van der Waals surface area contributed by atoms with Gasteiger partial charge in [0.25, 0.3) is 0 Å². The Bertz CT molecular complexity index is 425. The lowest BCUT2D eigenvalue weighted by atomic mass is 10.1. The van der Waals surface area contributed by atoms with Gasteiger partial charge in [-0.05, 0) is 17.7 Å². The van der Waals surface area contributed by atoms with E-state index in [1.807, 2.05) is 24.3 Å². The second-order valence-electron chi connectivity index (χ2n) is 4.99. The van der Waals surface area contributed by atoms with Crippen molar-refractivity contribution in [1.29, 1.82) is 0 Å². The van der Waals surface area contributed by atoms with Gasteiger partial charge >= 0.3 is 0 Å². The molecule has 1 amide bonds. The van der Waals surface area contributed by atoms with Crippen molar-refractivity contribution in [3.8, 4) is 0 Å². The molecule has 0 aliphatic carbocycles. The van der Waals surface area contributed by atoms with Crippen LogP contribution >= 0.6 is 12.4 Å². The van der Waals surface area contributed by atoms with Crippen LogP contribution in [0.1, 0.15) is 12.5 Å². The fraction of sp³-hybridized carbons (Fsp3) is 0.500. The second-order valence-corrected chi connectivity index (χ2v) is 4.99. The first kappa shape index (κ1) is 16.9. The highest BCUT2D eigenvalue weighted by Gasteiger charge is 2.23. The van der Waals surface area contributed by atoms with E-state index in [1.54, 1.807) is 0 Å². The standard InChI is InChI=1S/C14H21N3O2.ClH/c1-10(18)17-13-4-2-11(3-5-13)6-15-7-12-8-16-9-14(12)19;/h2-5,12,14-16,19H,6-9H2,1H3,(H,17,18);1H. The van der Waals surface area contributed by atoms with E-state index in [-0.39, 0.29) is 24.4 Å². The van der Waals surface area contributed by atoms with E-state index in [1.165, 1.54) is 6.92 Å². The van der Waals surface area contributed by atoms with Crippen LogP contribution in [-0.2, 0) is 11.3 Å². The van der Waals surface area contributed by atoms with Crippen molar-refractivity contribution in [2.75, 3.05) is 25.0 Å². The summed E-state index contributed by atoms with van der Waals surface area (Å²) in [6.45, 7) is 4.63. The maximum atomic E-state index is 10.9. The zero-order valence-corrected chi connectivity index (χ0v) is 12.4. The Morgan fingerprint density at radius 3 is 2.60 bits per heavy atom. The molecule has 0 bridgehead atoms. The predicted molar refractivity (Wildman–Crippen MR) is 82.1 cm³/mol. The van der Waals surface area contributed by atoms with Crippen LogP contribution in [0.5, 0.6) is 0 Å². The summed E-state index contributed by atoms with van der Waals surface area (Å²) in [5, 5.41) is 18.9. The highest BCUT2D eigenvalue weighted by atomic mass is 35.5. The number of carbonyl (C=O) groups is 1. The van der Waals surface area contributed by atoms with E-state index in [2.05, 4.69) is 16.0 Å². The molecule has 6 heteroatoms. The Morgan fingerprint density at radius 1 is 1.35 bits per heavy atom. The highest BCUT2D eigenvalue weighted by molar-refractivity contribution is 5.88. The number of benzene rings is 1. The number of aliphatic hydroxyl groups is 1. The van der Waals surface area contributed by atoms with Crippen LogP contribution in [0.2, 0.25) is 0 Å². The molecule has 20 heavy (non-hydrogen) atoms. The van der Waals surface area contributed by atoms with Gasteiger partial charge in [-0.15, -0.1) is 12.4 Å². The van der Waals surface area contributed by atoms with E-state index in [0.717, 1.165) is 30.9 Å². The van der Waals surface area contributed by atoms with Crippen LogP contribution in [-0.4, -0.2) is 36.8 Å². The Kier molecular flexibility index (Phi) is 6.95. The minimum atomic E-state index is -0.241. The number of halogens is 1. The first-order chi connectivity index (χ1) is 9.15. The molecule has 2 unspecified atom stereocenters. The smallest absolute Gasteiger partial charge is 0.221 e. The first-order valence-corrected chi connectivity index (χ1v) is 6.61. The molecule has 1 aliphatic heterocycles. The van der Waals surface area contributed by atoms with E-state index >= 15 is 0 Å². The SMILES string of the molecule is CC(=O)Nc1ccc(CNCC2CNCC2O)cc1.Cl. The zero-order chi connectivity index (χ0) is 13.7. The molecule has 4 N–H and O–H groups in total. The molecule has 0 saturated carbocycles. The van der Waals surface area contributed by atoms with Crippen molar-refractivity contribution in [1.82, 2.24) is 10.6 Å². The molecule has 1 heterocycles. The largest absolute Gasteiger partial charge is 0.391 e. The van der Waals surface area contributed by atoms with Crippen LogP contribution in [0.3, 0.4) is 0 Å². The number of β-amino-alcohol motifs (C(OH)–C–C–N with tert-alkyl or cyclic N) is 1. The van der Waals surface area contributed by atoms with Crippen molar-refractivity contribution in [2.45, 2.75) is 19.6 Å². The molecule has 0 aromatic heterocycles. The van der Waals surface area contributed by atoms with Crippen molar-refractivity contribution in [3.05, 3.63) is 29.8 Å². The molecule has 2 atom stereocenters. The van der Waals surface area contributed by atoms with Gasteiger partial charge in [0.1, 0.15) is 0 Å². The Labute approximate surface area is 125 Å². The van der Waals surface area contributed by atoms with Gasteiger partial charge in [0.2, 0.25) is 5.91 Å². The van der Waals surface area contributed by atoms with Crippen LogP contribution in [0.25, 0.3) is 0 Å². The lowest BCUT2D eigenvalue weighted by Crippen LogP contribution is -2.30. The van der Waals surface area contributed by atoms with E-state index in [4.69, 9.17) is 0 Å². The molecular weight excluding hydrogens is 278 g/mol. The molecule has 0 radical (unpaired) electrons. The zero-order valence-electron chi connectivity index (χ0n) is 11.6. The van der Waals surface area contributed by atoms with Crippen LogP contribution in [0.4, 0.5) is 5.69 Å². The van der Waals surface area contributed by atoms with Gasteiger partial charge in [-0.2, -0.15) is 0 Å². The molecule has 1 fully saturated rings. The average molecular weight is 300 g/mol. The lowest BCUT2D eigenvalue weighted by molar-refractivity contribution is -0.114. The number of carbonyl (C=O) groups excluding carboxylic acids is 1. The molecule has 1 aromatic rings. The number of rotatable bonds is 5. The second kappa shape index (κ2) is 8.21. The average Bonchev–Trinajstić information content (AvgIpc) is 2.77. The Morgan fingerprint density at radius 2 is 2.05 bits per heavy atom. The minimum absolute atomic E-state index is 0. The molecule has 112 valence electrons. The number of hydrogen-bond donors (Lipinski definition) is 4. The summed E-state index contributed by atoms with van der Waals surface area (Å²) in [5.74, 6) is 0.229. The van der Waals surface area contributed by atoms with E-state index < -0.39 is 0 Å². The summed E-state index contributed by atoms with van der Waals surface area (Å²) in [6.07, 6.45) is -0.241. The number of amides is 1. The van der Waals surface area contributed by atoms with E-state index in [9.17, 15) is 9.90 Å². The van der Waals surface area contributed by atoms with Crippen molar-refractivity contribution >= 4 is 24.0 Å². The minimum Gasteiger partial charge on any atom is -0.391 e. The van der Waals surface area contributed by atoms with Gasteiger partial charge in [-0.3, -0.25) is 4.79 Å². The summed E-state index contributed by atoms with van der Waals surface area (Å²) in [7, 11) is 0. The quantitative estimate of drug-likeness (QED) is 0.647. The number of nitrogens with one attached hydrogen (secondary N) is 3. The third-order valence-corrected chi connectivity index (χ3v) is 3.31. The summed E-state index contributed by atoms with van der Waals surface area (Å²) in [5.41, 5.74) is 1.97. The summed E-state index contributed by atoms with van der Waals surface area (Å²) < 4.78 is 0. The first-order valence-electron chi connectivity index (χ1n) is 6.61. The third kappa shape index (κ3) is 5.09. The van der Waals surface area contributed by atoms with E-state index in [0.29, 0.717) is 12.5 Å². The van der Waals surface area contributed by atoms with Crippen LogP contribution in [0.15, 0.2) is 24.3 Å². The van der Waals surface area contributed by atoms with Gasteiger partial charge in [0.05, 0.1) is 6.10 Å². The fourth-order valence-corrected chi connectivity index (χ4v) is 2.24. The maximum absolute atomic E-state index is 10.9. The van der Waals surface area contributed by atoms with Crippen molar-refractivity contribution in [2.24, 2.45) is 5.92 Å². The molecule has 1 saturated heterocycles. The van der Waals surface area contributed by atoms with Gasteiger partial charge in [0.15, 0.2) is 0 Å². The summed E-state index contributed by atoms with van der Waals surface area (Å²) in [4.78, 5) is 10.9. The molecule has 0 spiro atoms. The Hall–Kier alpha value is -1.14. The van der Waals surface area contributed by atoms with Gasteiger partial charge in [-0.1, -0.05) is 12.1 Å². The Balaban J connectivity index is 0.00000200. The van der Waals surface area contributed by atoms with Gasteiger partial charge < -0.3 is 21.1 Å². The molecule has 1 aliphatic rings. The predicted octanol–water partition coefficient (Wildman–Crippen LogP) is 0.737. The molecular formula is C14H22ClN3O2. The molecule has 5 nitrogen and oxygen atoms in total. The van der Waals surface area contributed by atoms with Gasteiger partial charge in [-0.25, -0.2) is 0 Å². The number of aliphatic hydroxyl groups excluding tert-OH is 1. The number of hydrogen-bond acceptors (Lipinski definition) is 4.